The minimum Gasteiger partial charge on any atom is -0.457 e. The first kappa shape index (κ1) is 17.9. The van der Waals surface area contributed by atoms with E-state index < -0.39 is 0 Å². The second-order valence-electron chi connectivity index (χ2n) is 7.02. The number of hydrogen-bond donors (Lipinski definition) is 1. The highest BCUT2D eigenvalue weighted by molar-refractivity contribution is 7.12. The Bertz CT molecular complexity index is 1190. The molecule has 146 valence electrons. The van der Waals surface area contributed by atoms with Crippen molar-refractivity contribution in [3.8, 4) is 17.2 Å². The molecule has 0 unspecified atom stereocenters. The summed E-state index contributed by atoms with van der Waals surface area (Å²) in [7, 11) is 0. The van der Waals surface area contributed by atoms with E-state index in [4.69, 9.17) is 9.47 Å². The van der Waals surface area contributed by atoms with Crippen LogP contribution in [-0.2, 0) is 4.74 Å². The van der Waals surface area contributed by atoms with Crippen LogP contribution in [0, 0.1) is 6.92 Å². The van der Waals surface area contributed by atoms with Crippen molar-refractivity contribution in [2.75, 3.05) is 13.2 Å². The van der Waals surface area contributed by atoms with E-state index in [1.165, 1.54) is 11.3 Å². The Morgan fingerprint density at radius 3 is 2.90 bits per heavy atom. The van der Waals surface area contributed by atoms with Crippen LogP contribution in [0.4, 0.5) is 0 Å². The summed E-state index contributed by atoms with van der Waals surface area (Å²) in [5.74, 6) is 1.53. The fraction of sp³-hybridized carbons (Fsp3) is 0.182. The number of fused-ring (bicyclic) bond motifs is 1. The van der Waals surface area contributed by atoms with Gasteiger partial charge in [-0.2, -0.15) is 5.10 Å². The molecular formula is C22H19N3O3S. The molecule has 29 heavy (non-hydrogen) atoms. The summed E-state index contributed by atoms with van der Waals surface area (Å²) in [6.45, 7) is 3.19. The Balaban J connectivity index is 1.39. The number of carbonyl (C=O) groups excluding carboxylic acids is 1. The molecule has 0 spiro atoms. The Hall–Kier alpha value is -3.16. The van der Waals surface area contributed by atoms with E-state index in [2.05, 4.69) is 10.4 Å². The maximum atomic E-state index is 12.3. The van der Waals surface area contributed by atoms with Crippen molar-refractivity contribution in [2.24, 2.45) is 0 Å². The summed E-state index contributed by atoms with van der Waals surface area (Å²) in [5, 5.41) is 10.4. The molecule has 2 aromatic heterocycles. The quantitative estimate of drug-likeness (QED) is 0.537. The third kappa shape index (κ3) is 3.50. The van der Waals surface area contributed by atoms with Gasteiger partial charge in [0.1, 0.15) is 11.5 Å². The lowest BCUT2D eigenvalue weighted by molar-refractivity contribution is -0.00338. The summed E-state index contributed by atoms with van der Waals surface area (Å²) >= 11 is 1.41. The Morgan fingerprint density at radius 2 is 2.10 bits per heavy atom. The summed E-state index contributed by atoms with van der Waals surface area (Å²) in [6.07, 6.45) is 1.81. The van der Waals surface area contributed by atoms with Gasteiger partial charge in [0.15, 0.2) is 0 Å². The molecule has 6 nitrogen and oxygen atoms in total. The topological polar surface area (TPSA) is 65.4 Å². The smallest absolute Gasteiger partial charge is 0.261 e. The molecule has 0 bridgehead atoms. The lowest BCUT2D eigenvalue weighted by atomic mass is 10.2. The van der Waals surface area contributed by atoms with Gasteiger partial charge in [-0.1, -0.05) is 18.2 Å². The van der Waals surface area contributed by atoms with Gasteiger partial charge in [0.25, 0.3) is 5.91 Å². The van der Waals surface area contributed by atoms with E-state index in [1.807, 2.05) is 71.7 Å². The number of aryl methyl sites for hydroxylation is 1. The predicted molar refractivity (Wildman–Crippen MR) is 112 cm³/mol. The number of benzene rings is 2. The standard InChI is InChI=1S/C22H19N3O3S/c1-14-4-2-3-5-20(14)28-18-6-7-19-15(8-18)10-23-25(19)17-9-21(29-13-17)22(26)24-16-11-27-12-16/h2-10,13,16H,11-12H2,1H3,(H,24,26). The predicted octanol–water partition coefficient (Wildman–Crippen LogP) is 4.32. The van der Waals surface area contributed by atoms with Crippen molar-refractivity contribution in [1.29, 1.82) is 0 Å². The highest BCUT2D eigenvalue weighted by atomic mass is 32.1. The largest absolute Gasteiger partial charge is 0.457 e. The van der Waals surface area contributed by atoms with Crippen molar-refractivity contribution in [3.63, 3.8) is 0 Å². The van der Waals surface area contributed by atoms with E-state index >= 15 is 0 Å². The summed E-state index contributed by atoms with van der Waals surface area (Å²) in [4.78, 5) is 13.0. The Morgan fingerprint density at radius 1 is 1.24 bits per heavy atom. The molecule has 0 saturated carbocycles. The van der Waals surface area contributed by atoms with E-state index in [1.54, 1.807) is 0 Å². The van der Waals surface area contributed by atoms with E-state index in [9.17, 15) is 4.79 Å². The normalized spacial score (nSPS) is 14.0. The van der Waals surface area contributed by atoms with Crippen molar-refractivity contribution in [1.82, 2.24) is 15.1 Å². The van der Waals surface area contributed by atoms with Gasteiger partial charge in [-0.3, -0.25) is 4.79 Å². The van der Waals surface area contributed by atoms with Gasteiger partial charge in [0.05, 0.1) is 41.5 Å². The maximum absolute atomic E-state index is 12.3. The number of hydrogen-bond acceptors (Lipinski definition) is 5. The minimum atomic E-state index is -0.0695. The number of carbonyl (C=O) groups is 1. The van der Waals surface area contributed by atoms with Crippen LogP contribution in [0.25, 0.3) is 16.6 Å². The number of rotatable bonds is 5. The van der Waals surface area contributed by atoms with Gasteiger partial charge in [0.2, 0.25) is 0 Å². The molecule has 1 fully saturated rings. The lowest BCUT2D eigenvalue weighted by Crippen LogP contribution is -2.48. The molecule has 0 aliphatic carbocycles. The SMILES string of the molecule is Cc1ccccc1Oc1ccc2c(cnn2-c2csc(C(=O)NC3COC3)c2)c1. The van der Waals surface area contributed by atoms with E-state index in [0.29, 0.717) is 18.1 Å². The Kier molecular flexibility index (Phi) is 4.54. The van der Waals surface area contributed by atoms with Gasteiger partial charge in [0, 0.05) is 10.8 Å². The van der Waals surface area contributed by atoms with Gasteiger partial charge in [-0.15, -0.1) is 11.3 Å². The number of ether oxygens (including phenoxy) is 2. The van der Waals surface area contributed by atoms with Crippen molar-refractivity contribution in [3.05, 3.63) is 70.5 Å². The first-order chi connectivity index (χ1) is 14.2. The molecule has 1 saturated heterocycles. The molecule has 1 amide bonds. The van der Waals surface area contributed by atoms with Crippen LogP contribution >= 0.6 is 11.3 Å². The molecular weight excluding hydrogens is 386 g/mol. The van der Waals surface area contributed by atoms with Crippen LogP contribution in [-0.4, -0.2) is 34.9 Å². The molecule has 4 aromatic rings. The summed E-state index contributed by atoms with van der Waals surface area (Å²) in [5.41, 5.74) is 2.91. The molecule has 1 aliphatic heterocycles. The zero-order valence-corrected chi connectivity index (χ0v) is 16.6. The second-order valence-corrected chi connectivity index (χ2v) is 7.93. The number of para-hydroxylation sites is 1. The van der Waals surface area contributed by atoms with Crippen LogP contribution in [0.5, 0.6) is 11.5 Å². The summed E-state index contributed by atoms with van der Waals surface area (Å²) < 4.78 is 13.0. The van der Waals surface area contributed by atoms with E-state index in [0.717, 1.165) is 33.7 Å². The first-order valence-electron chi connectivity index (χ1n) is 9.36. The molecule has 3 heterocycles. The number of amides is 1. The number of nitrogens with one attached hydrogen (secondary N) is 1. The number of aromatic nitrogens is 2. The molecule has 0 radical (unpaired) electrons. The first-order valence-corrected chi connectivity index (χ1v) is 10.2. The summed E-state index contributed by atoms with van der Waals surface area (Å²) in [6, 6.07) is 15.8. The minimum absolute atomic E-state index is 0.0695. The van der Waals surface area contributed by atoms with Crippen molar-refractivity contribution < 1.29 is 14.3 Å². The van der Waals surface area contributed by atoms with Gasteiger partial charge in [-0.25, -0.2) is 4.68 Å². The fourth-order valence-electron chi connectivity index (χ4n) is 3.21. The van der Waals surface area contributed by atoms with Crippen LogP contribution in [0.3, 0.4) is 0 Å². The highest BCUT2D eigenvalue weighted by Gasteiger charge is 2.22. The van der Waals surface area contributed by atoms with Gasteiger partial charge in [-0.05, 0) is 42.8 Å². The molecule has 5 rings (SSSR count). The zero-order valence-electron chi connectivity index (χ0n) is 15.8. The fourth-order valence-corrected chi connectivity index (χ4v) is 3.98. The molecule has 7 heteroatoms. The highest BCUT2D eigenvalue weighted by Crippen LogP contribution is 2.29. The average Bonchev–Trinajstić information content (AvgIpc) is 3.33. The molecule has 1 N–H and O–H groups in total. The van der Waals surface area contributed by atoms with Crippen LogP contribution in [0.2, 0.25) is 0 Å². The van der Waals surface area contributed by atoms with E-state index in [-0.39, 0.29) is 11.9 Å². The zero-order chi connectivity index (χ0) is 19.8. The van der Waals surface area contributed by atoms with Crippen LogP contribution < -0.4 is 10.1 Å². The third-order valence-electron chi connectivity index (χ3n) is 4.89. The van der Waals surface area contributed by atoms with Gasteiger partial charge >= 0.3 is 0 Å². The average molecular weight is 405 g/mol. The molecule has 0 atom stereocenters. The molecule has 1 aliphatic rings. The Labute approximate surface area is 171 Å². The molecule has 2 aromatic carbocycles. The monoisotopic (exact) mass is 405 g/mol. The van der Waals surface area contributed by atoms with Crippen LogP contribution in [0.15, 0.2) is 60.1 Å². The van der Waals surface area contributed by atoms with Gasteiger partial charge < -0.3 is 14.8 Å². The number of thiophene rings is 1. The third-order valence-corrected chi connectivity index (χ3v) is 5.80. The number of nitrogens with zero attached hydrogens (tertiary/aromatic N) is 2. The lowest BCUT2D eigenvalue weighted by Gasteiger charge is -2.26. The maximum Gasteiger partial charge on any atom is 0.261 e. The van der Waals surface area contributed by atoms with Crippen molar-refractivity contribution in [2.45, 2.75) is 13.0 Å². The second kappa shape index (κ2) is 7.35. The van der Waals surface area contributed by atoms with Crippen LogP contribution in [0.1, 0.15) is 15.2 Å². The van der Waals surface area contributed by atoms with Crippen molar-refractivity contribution >= 4 is 28.1 Å².